The minimum atomic E-state index is -4.49. The number of piperazine rings is 1. The molecule has 0 aromatic carbocycles. The zero-order chi connectivity index (χ0) is 25.5. The molecule has 1 unspecified atom stereocenters. The Hall–Kier alpha value is -2.56. The van der Waals surface area contributed by atoms with Gasteiger partial charge in [-0.15, -0.1) is 0 Å². The topological polar surface area (TPSA) is 80.2 Å². The van der Waals surface area contributed by atoms with E-state index in [0.29, 0.717) is 32.7 Å². The van der Waals surface area contributed by atoms with E-state index in [1.807, 2.05) is 4.90 Å². The molecule has 0 radical (unpaired) electrons. The van der Waals surface area contributed by atoms with Crippen LogP contribution in [0.3, 0.4) is 0 Å². The molecule has 4 heterocycles. The maximum atomic E-state index is 13.5. The lowest BCUT2D eigenvalue weighted by Crippen LogP contribution is -2.57. The Balaban J connectivity index is 1.20. The number of hydrogen-bond donors (Lipinski definition) is 1. The number of rotatable bonds is 2. The predicted octanol–water partition coefficient (Wildman–Crippen LogP) is 2.96. The fourth-order valence-corrected chi connectivity index (χ4v) is 6.42. The summed E-state index contributed by atoms with van der Waals surface area (Å²) in [6.07, 6.45) is 1.96. The summed E-state index contributed by atoms with van der Waals surface area (Å²) in [5.41, 5.74) is -1.30. The first-order valence-corrected chi connectivity index (χ1v) is 13.0. The number of carbonyl (C=O) groups is 2. The number of aromatic nitrogens is 1. The number of nitrogens with zero attached hydrogens (tertiary/aromatic N) is 5. The Morgan fingerprint density at radius 2 is 1.72 bits per heavy atom. The molecule has 198 valence electrons. The third-order valence-corrected chi connectivity index (χ3v) is 8.44. The average Bonchev–Trinajstić information content (AvgIpc) is 3.18. The van der Waals surface area contributed by atoms with Gasteiger partial charge < -0.3 is 24.7 Å². The SMILES string of the molecule is O=C(N1CCN(c2ncccc2C(F)(F)F)CC1)N1CCCC2(CCN(C3CCC(O)CC3)C2=O)C1. The number of aliphatic hydroxyl groups excluding tert-OH is 1. The molecule has 1 aromatic rings. The lowest BCUT2D eigenvalue weighted by molar-refractivity contribution is -0.141. The van der Waals surface area contributed by atoms with Gasteiger partial charge in [0.25, 0.3) is 0 Å². The minimum absolute atomic E-state index is 0.0964. The Morgan fingerprint density at radius 3 is 2.42 bits per heavy atom. The van der Waals surface area contributed by atoms with Crippen molar-refractivity contribution < 1.29 is 27.9 Å². The highest BCUT2D eigenvalue weighted by Crippen LogP contribution is 2.43. The van der Waals surface area contributed by atoms with E-state index in [0.717, 1.165) is 51.0 Å². The summed E-state index contributed by atoms with van der Waals surface area (Å²) in [4.78, 5) is 37.9. The Morgan fingerprint density at radius 1 is 1.00 bits per heavy atom. The molecule has 1 aliphatic carbocycles. The van der Waals surface area contributed by atoms with Crippen molar-refractivity contribution in [1.29, 1.82) is 0 Å². The quantitative estimate of drug-likeness (QED) is 0.663. The second kappa shape index (κ2) is 9.72. The number of carbonyl (C=O) groups excluding carboxylic acids is 2. The van der Waals surface area contributed by atoms with Gasteiger partial charge in [-0.1, -0.05) is 0 Å². The maximum Gasteiger partial charge on any atom is 0.419 e. The van der Waals surface area contributed by atoms with E-state index in [4.69, 9.17) is 0 Å². The third-order valence-electron chi connectivity index (χ3n) is 8.44. The van der Waals surface area contributed by atoms with Gasteiger partial charge in [0, 0.05) is 58.1 Å². The van der Waals surface area contributed by atoms with Gasteiger partial charge in [0.15, 0.2) is 0 Å². The van der Waals surface area contributed by atoms with E-state index >= 15 is 0 Å². The van der Waals surface area contributed by atoms with Crippen LogP contribution in [0.25, 0.3) is 0 Å². The lowest BCUT2D eigenvalue weighted by atomic mass is 9.78. The molecule has 0 bridgehead atoms. The van der Waals surface area contributed by atoms with Crippen molar-refractivity contribution >= 4 is 17.8 Å². The highest BCUT2D eigenvalue weighted by Gasteiger charge is 2.51. The van der Waals surface area contributed by atoms with Gasteiger partial charge in [0.05, 0.1) is 17.1 Å². The van der Waals surface area contributed by atoms with Crippen LogP contribution >= 0.6 is 0 Å². The van der Waals surface area contributed by atoms with Crippen molar-refractivity contribution in [2.75, 3.05) is 50.7 Å². The number of urea groups is 1. The molecule has 4 aliphatic rings. The van der Waals surface area contributed by atoms with Crippen LogP contribution in [0.5, 0.6) is 0 Å². The Bertz CT molecular complexity index is 976. The first-order chi connectivity index (χ1) is 17.2. The van der Waals surface area contributed by atoms with Gasteiger partial charge in [-0.25, -0.2) is 9.78 Å². The second-order valence-corrected chi connectivity index (χ2v) is 10.6. The van der Waals surface area contributed by atoms with E-state index in [2.05, 4.69) is 4.98 Å². The first kappa shape index (κ1) is 25.1. The van der Waals surface area contributed by atoms with E-state index in [-0.39, 0.29) is 43.0 Å². The summed E-state index contributed by atoms with van der Waals surface area (Å²) >= 11 is 0. The van der Waals surface area contributed by atoms with Gasteiger partial charge in [-0.2, -0.15) is 13.2 Å². The fourth-order valence-electron chi connectivity index (χ4n) is 6.42. The Kier molecular flexibility index (Phi) is 6.78. The van der Waals surface area contributed by atoms with Crippen molar-refractivity contribution in [1.82, 2.24) is 19.7 Å². The van der Waals surface area contributed by atoms with Crippen LogP contribution in [-0.4, -0.2) is 94.7 Å². The highest BCUT2D eigenvalue weighted by molar-refractivity contribution is 5.86. The molecule has 1 saturated carbocycles. The molecule has 5 rings (SSSR count). The summed E-state index contributed by atoms with van der Waals surface area (Å²) in [5, 5.41) is 9.82. The first-order valence-electron chi connectivity index (χ1n) is 13.0. The molecule has 11 heteroatoms. The summed E-state index contributed by atoms with van der Waals surface area (Å²) in [6.45, 7) is 2.83. The number of pyridine rings is 1. The molecule has 36 heavy (non-hydrogen) atoms. The van der Waals surface area contributed by atoms with Crippen LogP contribution in [-0.2, 0) is 11.0 Å². The Labute approximate surface area is 209 Å². The number of halogens is 3. The number of piperidine rings is 1. The third kappa shape index (κ3) is 4.73. The summed E-state index contributed by atoms with van der Waals surface area (Å²) in [7, 11) is 0. The molecule has 3 amide bonds. The molecule has 3 saturated heterocycles. The number of alkyl halides is 3. The van der Waals surface area contributed by atoms with Gasteiger partial charge >= 0.3 is 12.2 Å². The fraction of sp³-hybridized carbons (Fsp3) is 0.720. The number of aliphatic hydroxyl groups is 1. The summed E-state index contributed by atoms with van der Waals surface area (Å²) in [6, 6.07) is 2.34. The van der Waals surface area contributed by atoms with Gasteiger partial charge in [0.2, 0.25) is 5.91 Å². The van der Waals surface area contributed by atoms with Crippen LogP contribution < -0.4 is 4.90 Å². The van der Waals surface area contributed by atoms with Crippen molar-refractivity contribution in [2.24, 2.45) is 5.41 Å². The van der Waals surface area contributed by atoms with Crippen molar-refractivity contribution in [2.45, 2.75) is 63.3 Å². The molecule has 1 N–H and O–H groups in total. The van der Waals surface area contributed by atoms with E-state index < -0.39 is 17.2 Å². The maximum absolute atomic E-state index is 13.5. The second-order valence-electron chi connectivity index (χ2n) is 10.6. The van der Waals surface area contributed by atoms with E-state index in [1.165, 1.54) is 12.3 Å². The molecule has 1 spiro atoms. The highest BCUT2D eigenvalue weighted by atomic mass is 19.4. The normalized spacial score (nSPS) is 29.8. The van der Waals surface area contributed by atoms with Crippen LogP contribution in [0.2, 0.25) is 0 Å². The standard InChI is InChI=1S/C25H34F3N5O3/c26-25(27,28)20-3-1-10-29-21(20)30-13-15-31(16-14-30)23(36)32-11-2-8-24(17-32)9-12-33(22(24)35)18-4-6-19(34)7-5-18/h1,3,10,18-19,34H,2,4-9,11-17H2. The summed E-state index contributed by atoms with van der Waals surface area (Å²) in [5.74, 6) is 0.0435. The molecule has 8 nitrogen and oxygen atoms in total. The van der Waals surface area contributed by atoms with E-state index in [1.54, 1.807) is 14.7 Å². The van der Waals surface area contributed by atoms with Crippen LogP contribution in [0.15, 0.2) is 18.3 Å². The molecular formula is C25H34F3N5O3. The molecular weight excluding hydrogens is 475 g/mol. The number of anilines is 1. The molecule has 1 aromatic heterocycles. The smallest absolute Gasteiger partial charge is 0.393 e. The number of amides is 3. The van der Waals surface area contributed by atoms with Crippen molar-refractivity contribution in [3.8, 4) is 0 Å². The van der Waals surface area contributed by atoms with Gasteiger partial charge in [-0.05, 0) is 57.1 Å². The molecule has 3 aliphatic heterocycles. The van der Waals surface area contributed by atoms with Crippen molar-refractivity contribution in [3.05, 3.63) is 23.9 Å². The monoisotopic (exact) mass is 509 g/mol. The van der Waals surface area contributed by atoms with Crippen LogP contribution in [0.1, 0.15) is 50.5 Å². The number of likely N-dealkylation sites (tertiary alicyclic amines) is 2. The van der Waals surface area contributed by atoms with Crippen molar-refractivity contribution in [3.63, 3.8) is 0 Å². The number of hydrogen-bond acceptors (Lipinski definition) is 5. The predicted molar refractivity (Wildman–Crippen MR) is 126 cm³/mol. The largest absolute Gasteiger partial charge is 0.419 e. The van der Waals surface area contributed by atoms with E-state index in [9.17, 15) is 27.9 Å². The van der Waals surface area contributed by atoms with Crippen LogP contribution in [0, 0.1) is 5.41 Å². The zero-order valence-corrected chi connectivity index (χ0v) is 20.4. The van der Waals surface area contributed by atoms with Gasteiger partial charge in [-0.3, -0.25) is 4.79 Å². The van der Waals surface area contributed by atoms with Gasteiger partial charge in [0.1, 0.15) is 5.82 Å². The summed E-state index contributed by atoms with van der Waals surface area (Å²) < 4.78 is 40.2. The lowest BCUT2D eigenvalue weighted by Gasteiger charge is -2.43. The minimum Gasteiger partial charge on any atom is -0.393 e. The van der Waals surface area contributed by atoms with Crippen LogP contribution in [0.4, 0.5) is 23.8 Å². The molecule has 4 fully saturated rings. The zero-order valence-electron chi connectivity index (χ0n) is 20.4. The average molecular weight is 510 g/mol. The molecule has 1 atom stereocenters.